The molecule has 0 aliphatic carbocycles. The molecule has 1 aliphatic heterocycles. The van der Waals surface area contributed by atoms with Crippen LogP contribution >= 0.6 is 12.4 Å². The van der Waals surface area contributed by atoms with Gasteiger partial charge in [0.2, 0.25) is 11.7 Å². The summed E-state index contributed by atoms with van der Waals surface area (Å²) in [7, 11) is 3.02. The molecule has 2 heterocycles. The van der Waals surface area contributed by atoms with E-state index in [4.69, 9.17) is 18.7 Å². The highest BCUT2D eigenvalue weighted by Crippen LogP contribution is 2.32. The SMILES string of the molecule is COCC1(c2nc(COc3cccc(C(=O)OC)c3)no2)CCNCC1.Cl. The van der Waals surface area contributed by atoms with Crippen molar-refractivity contribution in [3.63, 3.8) is 0 Å². The number of carbonyl (C=O) groups is 1. The maximum atomic E-state index is 11.6. The smallest absolute Gasteiger partial charge is 0.337 e. The Balaban J connectivity index is 0.00000261. The number of hydrogen-bond acceptors (Lipinski definition) is 8. The third-order valence-corrected chi connectivity index (χ3v) is 4.53. The first-order chi connectivity index (χ1) is 12.7. The van der Waals surface area contributed by atoms with Crippen molar-refractivity contribution < 1.29 is 23.5 Å². The first kappa shape index (κ1) is 21.1. The molecule has 9 heteroatoms. The molecule has 0 bridgehead atoms. The molecule has 0 spiro atoms. The van der Waals surface area contributed by atoms with Crippen LogP contribution in [0.4, 0.5) is 0 Å². The maximum absolute atomic E-state index is 11.6. The standard InChI is InChI=1S/C18H23N3O5.ClH/c1-23-12-18(6-8-19-9-7-18)17-20-15(21-26-17)11-25-14-5-3-4-13(10-14)16(22)24-2;/h3-5,10,19H,6-9,11-12H2,1-2H3;1H. The van der Waals surface area contributed by atoms with Gasteiger partial charge in [-0.25, -0.2) is 4.79 Å². The third-order valence-electron chi connectivity index (χ3n) is 4.53. The summed E-state index contributed by atoms with van der Waals surface area (Å²) in [6.45, 7) is 2.46. The molecule has 1 aromatic heterocycles. The zero-order chi connectivity index (χ0) is 18.4. The Bertz CT molecular complexity index is 741. The Kier molecular flexibility index (Phi) is 7.58. The van der Waals surface area contributed by atoms with Gasteiger partial charge in [0.25, 0.3) is 0 Å². The second-order valence-electron chi connectivity index (χ2n) is 6.29. The van der Waals surface area contributed by atoms with Gasteiger partial charge in [0.1, 0.15) is 5.75 Å². The van der Waals surface area contributed by atoms with E-state index >= 15 is 0 Å². The van der Waals surface area contributed by atoms with Crippen LogP contribution in [0.3, 0.4) is 0 Å². The molecular formula is C18H24ClN3O5. The molecule has 1 saturated heterocycles. The highest BCUT2D eigenvalue weighted by molar-refractivity contribution is 5.89. The average Bonchev–Trinajstić information content (AvgIpc) is 3.17. The molecule has 1 fully saturated rings. The van der Waals surface area contributed by atoms with Crippen LogP contribution in [0.5, 0.6) is 5.75 Å². The molecule has 0 radical (unpaired) electrons. The minimum absolute atomic E-state index is 0. The predicted molar refractivity (Wildman–Crippen MR) is 99.3 cm³/mol. The lowest BCUT2D eigenvalue weighted by atomic mass is 9.79. The Labute approximate surface area is 164 Å². The summed E-state index contributed by atoms with van der Waals surface area (Å²) in [4.78, 5) is 16.1. The van der Waals surface area contributed by atoms with Gasteiger partial charge in [0, 0.05) is 7.11 Å². The summed E-state index contributed by atoms with van der Waals surface area (Å²) in [5.74, 6) is 1.16. The largest absolute Gasteiger partial charge is 0.485 e. The van der Waals surface area contributed by atoms with Crippen molar-refractivity contribution >= 4 is 18.4 Å². The third kappa shape index (κ3) is 4.97. The molecule has 1 N–H and O–H groups in total. The van der Waals surface area contributed by atoms with E-state index in [-0.39, 0.29) is 24.4 Å². The topological polar surface area (TPSA) is 95.7 Å². The van der Waals surface area contributed by atoms with Gasteiger partial charge in [-0.2, -0.15) is 4.98 Å². The van der Waals surface area contributed by atoms with Gasteiger partial charge in [-0.05, 0) is 44.1 Å². The summed E-state index contributed by atoms with van der Waals surface area (Å²) in [5.41, 5.74) is 0.170. The van der Waals surface area contributed by atoms with Crippen LogP contribution in [0.15, 0.2) is 28.8 Å². The van der Waals surface area contributed by atoms with Gasteiger partial charge in [-0.15, -0.1) is 12.4 Å². The van der Waals surface area contributed by atoms with E-state index in [1.807, 2.05) is 0 Å². The van der Waals surface area contributed by atoms with Crippen LogP contribution in [0.2, 0.25) is 0 Å². The second-order valence-corrected chi connectivity index (χ2v) is 6.29. The van der Waals surface area contributed by atoms with Crippen molar-refractivity contribution in [2.75, 3.05) is 33.9 Å². The summed E-state index contributed by atoms with van der Waals surface area (Å²) >= 11 is 0. The van der Waals surface area contributed by atoms with E-state index in [0.29, 0.717) is 29.6 Å². The van der Waals surface area contributed by atoms with E-state index in [0.717, 1.165) is 25.9 Å². The fourth-order valence-electron chi connectivity index (χ4n) is 3.11. The quantitative estimate of drug-likeness (QED) is 0.710. The zero-order valence-electron chi connectivity index (χ0n) is 15.4. The van der Waals surface area contributed by atoms with Gasteiger partial charge in [-0.3, -0.25) is 0 Å². The number of carbonyl (C=O) groups excluding carboxylic acids is 1. The van der Waals surface area contributed by atoms with Crippen molar-refractivity contribution in [1.29, 1.82) is 0 Å². The van der Waals surface area contributed by atoms with E-state index < -0.39 is 5.97 Å². The minimum atomic E-state index is -0.412. The number of nitrogens with one attached hydrogen (secondary N) is 1. The average molecular weight is 398 g/mol. The lowest BCUT2D eigenvalue weighted by molar-refractivity contribution is 0.0600. The number of benzene rings is 1. The van der Waals surface area contributed by atoms with Crippen LogP contribution in [0, 0.1) is 0 Å². The highest BCUT2D eigenvalue weighted by Gasteiger charge is 2.39. The number of nitrogens with zero attached hydrogens (tertiary/aromatic N) is 2. The monoisotopic (exact) mass is 397 g/mol. The molecule has 0 unspecified atom stereocenters. The van der Waals surface area contributed by atoms with Crippen LogP contribution in [-0.4, -0.2) is 50.0 Å². The number of piperidine rings is 1. The van der Waals surface area contributed by atoms with Gasteiger partial charge >= 0.3 is 5.97 Å². The second kappa shape index (κ2) is 9.68. The molecule has 1 aliphatic rings. The number of halogens is 1. The minimum Gasteiger partial charge on any atom is -0.485 e. The first-order valence-electron chi connectivity index (χ1n) is 8.51. The van der Waals surface area contributed by atoms with Crippen LogP contribution < -0.4 is 10.1 Å². The van der Waals surface area contributed by atoms with Crippen LogP contribution in [0.25, 0.3) is 0 Å². The molecule has 3 rings (SSSR count). The molecule has 27 heavy (non-hydrogen) atoms. The van der Waals surface area contributed by atoms with E-state index in [1.54, 1.807) is 31.4 Å². The lowest BCUT2D eigenvalue weighted by Gasteiger charge is -2.33. The fourth-order valence-corrected chi connectivity index (χ4v) is 3.11. The number of rotatable bonds is 7. The zero-order valence-corrected chi connectivity index (χ0v) is 16.2. The molecule has 0 atom stereocenters. The van der Waals surface area contributed by atoms with Gasteiger partial charge in [0.05, 0.1) is 24.7 Å². The number of esters is 1. The number of ether oxygens (including phenoxy) is 3. The van der Waals surface area contributed by atoms with Crippen molar-refractivity contribution in [3.8, 4) is 5.75 Å². The summed E-state index contributed by atoms with van der Waals surface area (Å²) in [5, 5.41) is 7.36. The summed E-state index contributed by atoms with van der Waals surface area (Å²) in [6.07, 6.45) is 1.76. The molecule has 8 nitrogen and oxygen atoms in total. The van der Waals surface area contributed by atoms with Gasteiger partial charge in [0.15, 0.2) is 6.61 Å². The number of hydrogen-bond donors (Lipinski definition) is 1. The van der Waals surface area contributed by atoms with Crippen molar-refractivity contribution in [1.82, 2.24) is 15.5 Å². The van der Waals surface area contributed by atoms with E-state index in [2.05, 4.69) is 15.5 Å². The summed E-state index contributed by atoms with van der Waals surface area (Å²) < 4.78 is 21.3. The number of methoxy groups -OCH3 is 2. The van der Waals surface area contributed by atoms with Crippen LogP contribution in [-0.2, 0) is 21.5 Å². The molecular weight excluding hydrogens is 374 g/mol. The van der Waals surface area contributed by atoms with E-state index in [1.165, 1.54) is 7.11 Å². The highest BCUT2D eigenvalue weighted by atomic mass is 35.5. The van der Waals surface area contributed by atoms with Crippen molar-refractivity contribution in [2.45, 2.75) is 24.9 Å². The maximum Gasteiger partial charge on any atom is 0.337 e. The van der Waals surface area contributed by atoms with Gasteiger partial charge in [-0.1, -0.05) is 11.2 Å². The first-order valence-corrected chi connectivity index (χ1v) is 8.51. The Morgan fingerprint density at radius 1 is 1.30 bits per heavy atom. The predicted octanol–water partition coefficient (Wildman–Crippen LogP) is 2.12. The molecule has 0 amide bonds. The Morgan fingerprint density at radius 3 is 2.78 bits per heavy atom. The van der Waals surface area contributed by atoms with Crippen molar-refractivity contribution in [2.24, 2.45) is 0 Å². The molecule has 1 aromatic carbocycles. The van der Waals surface area contributed by atoms with Crippen LogP contribution in [0.1, 0.15) is 34.9 Å². The summed E-state index contributed by atoms with van der Waals surface area (Å²) in [6, 6.07) is 6.77. The lowest BCUT2D eigenvalue weighted by Crippen LogP contribution is -2.43. The fraction of sp³-hybridized carbons (Fsp3) is 0.500. The van der Waals surface area contributed by atoms with Gasteiger partial charge < -0.3 is 24.1 Å². The normalized spacial score (nSPS) is 15.6. The Hall–Kier alpha value is -2.16. The molecule has 2 aromatic rings. The molecule has 148 valence electrons. The van der Waals surface area contributed by atoms with E-state index in [9.17, 15) is 4.79 Å². The Morgan fingerprint density at radius 2 is 2.07 bits per heavy atom. The molecule has 0 saturated carbocycles. The van der Waals surface area contributed by atoms with Crippen molar-refractivity contribution in [3.05, 3.63) is 41.5 Å². The number of aromatic nitrogens is 2.